The van der Waals surface area contributed by atoms with Crippen molar-refractivity contribution in [3.8, 4) is 0 Å². The third-order valence-corrected chi connectivity index (χ3v) is 5.58. The molecule has 0 bridgehead atoms. The first kappa shape index (κ1) is 25.2. The van der Waals surface area contributed by atoms with Crippen molar-refractivity contribution in [3.63, 3.8) is 0 Å². The molecule has 1 aromatic carbocycles. The molecule has 0 radical (unpaired) electrons. The van der Waals surface area contributed by atoms with Crippen LogP contribution in [0.2, 0.25) is 0 Å². The largest absolute Gasteiger partial charge is 0.392 e. The van der Waals surface area contributed by atoms with Crippen molar-refractivity contribution in [2.75, 3.05) is 6.61 Å². The molecule has 0 saturated carbocycles. The highest BCUT2D eigenvalue weighted by molar-refractivity contribution is 5.22. The van der Waals surface area contributed by atoms with Gasteiger partial charge in [0.25, 0.3) is 0 Å². The lowest BCUT2D eigenvalue weighted by molar-refractivity contribution is 0.116. The molecule has 162 valence electrons. The van der Waals surface area contributed by atoms with Crippen LogP contribution in [0.3, 0.4) is 0 Å². The lowest BCUT2D eigenvalue weighted by atomic mass is 10.0. The van der Waals surface area contributed by atoms with Gasteiger partial charge >= 0.3 is 0 Å². The van der Waals surface area contributed by atoms with Gasteiger partial charge in [0.15, 0.2) is 0 Å². The van der Waals surface area contributed by atoms with E-state index in [-0.39, 0.29) is 6.61 Å². The number of benzene rings is 1. The van der Waals surface area contributed by atoms with E-state index < -0.39 is 0 Å². The maximum Gasteiger partial charge on any atom is 0.0716 e. The summed E-state index contributed by atoms with van der Waals surface area (Å²) in [6.45, 7) is 3.90. The number of unbranched alkanes of at least 4 members (excludes halogenated alkanes) is 15. The topological polar surface area (TPSA) is 29.5 Å². The summed E-state index contributed by atoms with van der Waals surface area (Å²) in [6.07, 6.45) is 22.4. The highest BCUT2D eigenvalue weighted by Gasteiger charge is 1.97. The van der Waals surface area contributed by atoms with Crippen LogP contribution in [0, 0.1) is 0 Å². The summed E-state index contributed by atoms with van der Waals surface area (Å²) >= 11 is 0. The molecule has 2 heteroatoms. The first-order chi connectivity index (χ1) is 13.9. The lowest BCUT2D eigenvalue weighted by Gasteiger charge is -2.06. The van der Waals surface area contributed by atoms with Gasteiger partial charge < -0.3 is 9.84 Å². The molecule has 0 fully saturated rings. The molecule has 1 N–H and O–H groups in total. The molecule has 1 aromatic rings. The summed E-state index contributed by atoms with van der Waals surface area (Å²) in [5.74, 6) is 0. The van der Waals surface area contributed by atoms with Gasteiger partial charge in [-0.25, -0.2) is 0 Å². The Kier molecular flexibility index (Phi) is 17.5. The summed E-state index contributed by atoms with van der Waals surface area (Å²) in [4.78, 5) is 0. The van der Waals surface area contributed by atoms with Gasteiger partial charge in [0.1, 0.15) is 0 Å². The number of hydrogen-bond acceptors (Lipinski definition) is 2. The van der Waals surface area contributed by atoms with Crippen LogP contribution in [0.15, 0.2) is 24.3 Å². The molecule has 0 aliphatic rings. The predicted octanol–water partition coefficient (Wildman–Crippen LogP) is 7.96. The quantitative estimate of drug-likeness (QED) is 0.229. The van der Waals surface area contributed by atoms with Gasteiger partial charge in [0.05, 0.1) is 13.2 Å². The second-order valence-electron chi connectivity index (χ2n) is 8.33. The fourth-order valence-corrected chi connectivity index (χ4v) is 3.76. The average Bonchev–Trinajstić information content (AvgIpc) is 2.73. The molecular weight excluding hydrogens is 344 g/mol. The van der Waals surface area contributed by atoms with Crippen LogP contribution in [-0.2, 0) is 18.0 Å². The van der Waals surface area contributed by atoms with Crippen LogP contribution in [0.5, 0.6) is 0 Å². The number of aliphatic hydroxyl groups is 1. The fraction of sp³-hybridized carbons (Fsp3) is 0.769. The second kappa shape index (κ2) is 19.5. The minimum atomic E-state index is 0.104. The highest BCUT2D eigenvalue weighted by atomic mass is 16.5. The minimum Gasteiger partial charge on any atom is -0.392 e. The Morgan fingerprint density at radius 3 is 1.61 bits per heavy atom. The Balaban J connectivity index is 1.75. The Morgan fingerprint density at radius 1 is 0.643 bits per heavy atom. The summed E-state index contributed by atoms with van der Waals surface area (Å²) in [6, 6.07) is 8.01. The van der Waals surface area contributed by atoms with Crippen LogP contribution in [0.25, 0.3) is 0 Å². The molecule has 2 nitrogen and oxygen atoms in total. The zero-order valence-corrected chi connectivity index (χ0v) is 18.6. The average molecular weight is 391 g/mol. The van der Waals surface area contributed by atoms with Crippen LogP contribution >= 0.6 is 0 Å². The molecule has 28 heavy (non-hydrogen) atoms. The standard InChI is InChI=1S/C26H46O2/c1-2-3-4-5-6-7-8-9-10-11-12-13-14-15-16-17-21-28-24-26-20-18-19-25(22-26)23-27/h18-20,22,27H,2-17,21,23-24H2,1H3. The molecular formula is C26H46O2. The van der Waals surface area contributed by atoms with Gasteiger partial charge in [0, 0.05) is 6.61 Å². The van der Waals surface area contributed by atoms with E-state index in [2.05, 4.69) is 13.0 Å². The van der Waals surface area contributed by atoms with Gasteiger partial charge in [0.2, 0.25) is 0 Å². The molecule has 0 aliphatic carbocycles. The zero-order chi connectivity index (χ0) is 20.1. The highest BCUT2D eigenvalue weighted by Crippen LogP contribution is 2.14. The molecule has 0 spiro atoms. The second-order valence-corrected chi connectivity index (χ2v) is 8.33. The Hall–Kier alpha value is -0.860. The Labute approximate surface area is 175 Å². The molecule has 0 aromatic heterocycles. The number of rotatable bonds is 20. The minimum absolute atomic E-state index is 0.104. The molecule has 0 aliphatic heterocycles. The van der Waals surface area contributed by atoms with Crippen LogP contribution in [0.1, 0.15) is 121 Å². The van der Waals surface area contributed by atoms with E-state index in [9.17, 15) is 0 Å². The maximum absolute atomic E-state index is 9.15. The Bertz CT molecular complexity index is 444. The van der Waals surface area contributed by atoms with Gasteiger partial charge in [-0.1, -0.05) is 128 Å². The number of aliphatic hydroxyl groups excluding tert-OH is 1. The van der Waals surface area contributed by atoms with Gasteiger partial charge in [-0.15, -0.1) is 0 Å². The van der Waals surface area contributed by atoms with Crippen molar-refractivity contribution in [1.29, 1.82) is 0 Å². The van der Waals surface area contributed by atoms with E-state index in [1.807, 2.05) is 18.2 Å². The van der Waals surface area contributed by atoms with Gasteiger partial charge in [-0.2, -0.15) is 0 Å². The van der Waals surface area contributed by atoms with E-state index in [1.54, 1.807) is 0 Å². The summed E-state index contributed by atoms with van der Waals surface area (Å²) in [5, 5.41) is 9.15. The smallest absolute Gasteiger partial charge is 0.0716 e. The van der Waals surface area contributed by atoms with E-state index in [1.165, 1.54) is 96.3 Å². The van der Waals surface area contributed by atoms with E-state index >= 15 is 0 Å². The summed E-state index contributed by atoms with van der Waals surface area (Å²) in [5.41, 5.74) is 2.12. The van der Waals surface area contributed by atoms with Crippen LogP contribution in [-0.4, -0.2) is 11.7 Å². The molecule has 0 unspecified atom stereocenters. The van der Waals surface area contributed by atoms with Crippen molar-refractivity contribution in [2.45, 2.75) is 123 Å². The number of ether oxygens (including phenoxy) is 1. The van der Waals surface area contributed by atoms with Crippen molar-refractivity contribution in [3.05, 3.63) is 35.4 Å². The van der Waals surface area contributed by atoms with Gasteiger partial charge in [-0.3, -0.25) is 0 Å². The van der Waals surface area contributed by atoms with Crippen molar-refractivity contribution in [1.82, 2.24) is 0 Å². The van der Waals surface area contributed by atoms with E-state index in [0.717, 1.165) is 24.2 Å². The van der Waals surface area contributed by atoms with Gasteiger partial charge in [-0.05, 0) is 17.5 Å². The third kappa shape index (κ3) is 15.1. The zero-order valence-electron chi connectivity index (χ0n) is 18.6. The summed E-state index contributed by atoms with van der Waals surface area (Å²) in [7, 11) is 0. The normalized spacial score (nSPS) is 11.2. The molecule has 0 amide bonds. The molecule has 1 rings (SSSR count). The van der Waals surface area contributed by atoms with Crippen molar-refractivity contribution < 1.29 is 9.84 Å². The fourth-order valence-electron chi connectivity index (χ4n) is 3.76. The monoisotopic (exact) mass is 390 g/mol. The SMILES string of the molecule is CCCCCCCCCCCCCCCCCCOCc1cccc(CO)c1. The first-order valence-corrected chi connectivity index (χ1v) is 12.1. The van der Waals surface area contributed by atoms with Crippen molar-refractivity contribution >= 4 is 0 Å². The van der Waals surface area contributed by atoms with E-state index in [0.29, 0.717) is 6.61 Å². The lowest BCUT2D eigenvalue weighted by Crippen LogP contribution is -1.96. The third-order valence-electron chi connectivity index (χ3n) is 5.58. The summed E-state index contributed by atoms with van der Waals surface area (Å²) < 4.78 is 5.76. The van der Waals surface area contributed by atoms with Crippen LogP contribution < -0.4 is 0 Å². The van der Waals surface area contributed by atoms with Crippen LogP contribution in [0.4, 0.5) is 0 Å². The van der Waals surface area contributed by atoms with Crippen molar-refractivity contribution in [2.24, 2.45) is 0 Å². The molecule has 0 heterocycles. The predicted molar refractivity (Wildman–Crippen MR) is 122 cm³/mol. The molecule has 0 saturated heterocycles. The van der Waals surface area contributed by atoms with E-state index in [4.69, 9.17) is 9.84 Å². The molecule has 0 atom stereocenters. The number of hydrogen-bond donors (Lipinski definition) is 1. The first-order valence-electron chi connectivity index (χ1n) is 12.1. The Morgan fingerprint density at radius 2 is 1.11 bits per heavy atom. The maximum atomic E-state index is 9.15.